The smallest absolute Gasteiger partial charge is 0.256 e. The largest absolute Gasteiger partial charge is 0.470 e. The van der Waals surface area contributed by atoms with Crippen molar-refractivity contribution in [3.8, 4) is 0 Å². The highest BCUT2D eigenvalue weighted by molar-refractivity contribution is 7.80. The molecule has 0 unspecified atom stereocenters. The summed E-state index contributed by atoms with van der Waals surface area (Å²) < 4.78 is 5.08. The molecule has 0 aliphatic rings. The standard InChI is InChI=1S/C6H14N2OS.ClH/c1-7-6(10)9-5-4-8(2)3;/h4-5H2,1-3H3,(H,7,10);1H. The van der Waals surface area contributed by atoms with E-state index < -0.39 is 0 Å². The number of nitrogens with zero attached hydrogens (tertiary/aromatic N) is 1. The molecule has 0 aromatic heterocycles. The molecular weight excluding hydrogens is 184 g/mol. The van der Waals surface area contributed by atoms with Crippen LogP contribution in [0.15, 0.2) is 0 Å². The Hall–Kier alpha value is -0.0600. The fourth-order valence-electron chi connectivity index (χ4n) is 0.393. The Balaban J connectivity index is 0. The summed E-state index contributed by atoms with van der Waals surface area (Å²) in [6, 6.07) is 0. The molecule has 0 rings (SSSR count). The minimum atomic E-state index is 0. The summed E-state index contributed by atoms with van der Waals surface area (Å²) in [4.78, 5) is 2.04. The minimum Gasteiger partial charge on any atom is -0.470 e. The van der Waals surface area contributed by atoms with Gasteiger partial charge in [0.25, 0.3) is 5.17 Å². The summed E-state index contributed by atoms with van der Waals surface area (Å²) in [6.45, 7) is 1.54. The fourth-order valence-corrected chi connectivity index (χ4v) is 0.476. The molecule has 68 valence electrons. The van der Waals surface area contributed by atoms with Gasteiger partial charge in [-0.3, -0.25) is 0 Å². The minimum absolute atomic E-state index is 0. The zero-order valence-corrected chi connectivity index (χ0v) is 8.72. The molecule has 0 spiro atoms. The van der Waals surface area contributed by atoms with Gasteiger partial charge in [0.2, 0.25) is 0 Å². The second kappa shape index (κ2) is 8.04. The molecule has 5 heteroatoms. The van der Waals surface area contributed by atoms with Crippen molar-refractivity contribution in [3.05, 3.63) is 0 Å². The van der Waals surface area contributed by atoms with Gasteiger partial charge in [-0.25, -0.2) is 0 Å². The number of hydrogen-bond acceptors (Lipinski definition) is 3. The third-order valence-corrected chi connectivity index (χ3v) is 1.30. The maximum Gasteiger partial charge on any atom is 0.256 e. The van der Waals surface area contributed by atoms with Gasteiger partial charge in [-0.1, -0.05) is 0 Å². The molecule has 0 aliphatic carbocycles. The van der Waals surface area contributed by atoms with Crippen LogP contribution in [0.4, 0.5) is 0 Å². The van der Waals surface area contributed by atoms with Gasteiger partial charge in [0.1, 0.15) is 6.61 Å². The van der Waals surface area contributed by atoms with E-state index in [4.69, 9.17) is 17.0 Å². The summed E-state index contributed by atoms with van der Waals surface area (Å²) in [5.74, 6) is 0. The molecule has 0 saturated heterocycles. The van der Waals surface area contributed by atoms with Gasteiger partial charge in [-0.15, -0.1) is 12.4 Å². The molecule has 0 bridgehead atoms. The molecule has 0 radical (unpaired) electrons. The first-order valence-electron chi connectivity index (χ1n) is 3.16. The van der Waals surface area contributed by atoms with Crippen LogP contribution in [-0.2, 0) is 4.74 Å². The van der Waals surface area contributed by atoms with Crippen molar-refractivity contribution in [2.75, 3.05) is 34.3 Å². The van der Waals surface area contributed by atoms with Crippen LogP contribution >= 0.6 is 24.6 Å². The van der Waals surface area contributed by atoms with E-state index in [-0.39, 0.29) is 12.4 Å². The van der Waals surface area contributed by atoms with Crippen LogP contribution in [0.25, 0.3) is 0 Å². The molecule has 0 fully saturated rings. The Morgan fingerprint density at radius 3 is 2.45 bits per heavy atom. The first-order chi connectivity index (χ1) is 4.66. The second-order valence-corrected chi connectivity index (χ2v) is 2.56. The van der Waals surface area contributed by atoms with Gasteiger partial charge in [0.15, 0.2) is 0 Å². The van der Waals surface area contributed by atoms with E-state index in [9.17, 15) is 0 Å². The van der Waals surface area contributed by atoms with E-state index in [2.05, 4.69) is 5.32 Å². The van der Waals surface area contributed by atoms with E-state index >= 15 is 0 Å². The average molecular weight is 199 g/mol. The van der Waals surface area contributed by atoms with Crippen molar-refractivity contribution in [1.29, 1.82) is 0 Å². The topological polar surface area (TPSA) is 24.5 Å². The van der Waals surface area contributed by atoms with Gasteiger partial charge < -0.3 is 15.0 Å². The molecule has 0 aromatic carbocycles. The van der Waals surface area contributed by atoms with E-state index in [0.717, 1.165) is 6.54 Å². The first kappa shape index (κ1) is 13.5. The van der Waals surface area contributed by atoms with Crippen LogP contribution in [0.1, 0.15) is 0 Å². The number of likely N-dealkylation sites (N-methyl/N-ethyl adjacent to an activating group) is 1. The lowest BCUT2D eigenvalue weighted by molar-refractivity contribution is 0.249. The van der Waals surface area contributed by atoms with Crippen LogP contribution in [0.2, 0.25) is 0 Å². The Bertz CT molecular complexity index is 111. The third kappa shape index (κ3) is 9.94. The summed E-state index contributed by atoms with van der Waals surface area (Å²) in [7, 11) is 5.73. The molecule has 0 atom stereocenters. The lowest BCUT2D eigenvalue weighted by atomic mass is 10.6. The summed E-state index contributed by atoms with van der Waals surface area (Å²) in [6.07, 6.45) is 0. The summed E-state index contributed by atoms with van der Waals surface area (Å²) >= 11 is 4.76. The van der Waals surface area contributed by atoms with E-state index in [1.165, 1.54) is 0 Å². The number of ether oxygens (including phenoxy) is 1. The van der Waals surface area contributed by atoms with Gasteiger partial charge in [-0.05, 0) is 26.3 Å². The zero-order chi connectivity index (χ0) is 7.98. The van der Waals surface area contributed by atoms with Gasteiger partial charge in [0, 0.05) is 13.6 Å². The number of hydrogen-bond donors (Lipinski definition) is 1. The van der Waals surface area contributed by atoms with Crippen molar-refractivity contribution in [2.24, 2.45) is 0 Å². The predicted octanol–water partition coefficient (Wildman–Crippen LogP) is 0.491. The van der Waals surface area contributed by atoms with Crippen molar-refractivity contribution in [1.82, 2.24) is 10.2 Å². The highest BCUT2D eigenvalue weighted by Gasteiger charge is 1.92. The molecule has 0 aliphatic heterocycles. The highest BCUT2D eigenvalue weighted by atomic mass is 35.5. The first-order valence-corrected chi connectivity index (χ1v) is 3.57. The maximum absolute atomic E-state index is 5.08. The van der Waals surface area contributed by atoms with Crippen LogP contribution in [-0.4, -0.2) is 44.4 Å². The SMILES string of the molecule is CNC(=S)OCCN(C)C.Cl. The number of rotatable bonds is 3. The maximum atomic E-state index is 5.08. The van der Waals surface area contributed by atoms with Crippen molar-refractivity contribution < 1.29 is 4.74 Å². The monoisotopic (exact) mass is 198 g/mol. The Morgan fingerprint density at radius 2 is 2.09 bits per heavy atom. The fraction of sp³-hybridized carbons (Fsp3) is 0.833. The molecule has 1 N–H and O–H groups in total. The Kier molecular flexibility index (Phi) is 9.89. The zero-order valence-electron chi connectivity index (χ0n) is 7.09. The number of nitrogens with one attached hydrogen (secondary N) is 1. The van der Waals surface area contributed by atoms with Crippen LogP contribution in [0, 0.1) is 0 Å². The normalized spacial score (nSPS) is 8.73. The van der Waals surface area contributed by atoms with Crippen molar-refractivity contribution >= 4 is 29.8 Å². The van der Waals surface area contributed by atoms with Gasteiger partial charge in [0.05, 0.1) is 0 Å². The molecule has 0 aromatic rings. The number of thiocarbonyl (C=S) groups is 1. The van der Waals surface area contributed by atoms with Crippen LogP contribution in [0.3, 0.4) is 0 Å². The molecule has 3 nitrogen and oxygen atoms in total. The van der Waals surface area contributed by atoms with E-state index in [1.54, 1.807) is 7.05 Å². The van der Waals surface area contributed by atoms with Crippen LogP contribution < -0.4 is 5.32 Å². The lowest BCUT2D eigenvalue weighted by Crippen LogP contribution is -2.24. The summed E-state index contributed by atoms with van der Waals surface area (Å²) in [5.41, 5.74) is 0. The average Bonchev–Trinajstić information content (AvgIpc) is 1.87. The van der Waals surface area contributed by atoms with Crippen molar-refractivity contribution in [3.63, 3.8) is 0 Å². The van der Waals surface area contributed by atoms with E-state index in [1.807, 2.05) is 19.0 Å². The lowest BCUT2D eigenvalue weighted by Gasteiger charge is -2.10. The predicted molar refractivity (Wildman–Crippen MR) is 53.4 cm³/mol. The van der Waals surface area contributed by atoms with Gasteiger partial charge >= 0.3 is 0 Å². The molecule has 0 saturated carbocycles. The molecular formula is C6H15ClN2OS. The highest BCUT2D eigenvalue weighted by Crippen LogP contribution is 1.79. The summed E-state index contributed by atoms with van der Waals surface area (Å²) in [5, 5.41) is 3.19. The van der Waals surface area contributed by atoms with Crippen LogP contribution in [0.5, 0.6) is 0 Å². The molecule has 0 amide bonds. The number of halogens is 1. The van der Waals surface area contributed by atoms with Gasteiger partial charge in [-0.2, -0.15) is 0 Å². The van der Waals surface area contributed by atoms with Crippen molar-refractivity contribution in [2.45, 2.75) is 0 Å². The third-order valence-electron chi connectivity index (χ3n) is 0.976. The molecule has 0 heterocycles. The Morgan fingerprint density at radius 1 is 1.55 bits per heavy atom. The molecule has 11 heavy (non-hydrogen) atoms. The second-order valence-electron chi connectivity index (χ2n) is 2.19. The quantitative estimate of drug-likeness (QED) is 0.668. The Labute approximate surface area is 79.5 Å². The van der Waals surface area contributed by atoms with E-state index in [0.29, 0.717) is 11.8 Å².